The number of benzene rings is 4. The maximum absolute atomic E-state index is 13.5. The number of ketones is 1. The molecule has 0 spiro atoms. The number of nitrogens with one attached hydrogen (secondary N) is 2. The minimum Gasteiger partial charge on any atom is -0.493 e. The van der Waals surface area contributed by atoms with Crippen LogP contribution >= 0.6 is 0 Å². The van der Waals surface area contributed by atoms with E-state index in [0.29, 0.717) is 24.5 Å². The molecule has 0 unspecified atom stereocenters. The number of carbonyl (C=O) groups excluding carboxylic acids is 1. The molecule has 0 fully saturated rings. The molecule has 5 nitrogen and oxygen atoms in total. The minimum atomic E-state index is -0.300. The Hall–Kier alpha value is -4.25. The molecular formula is C33H32N2O3. The Morgan fingerprint density at radius 1 is 0.868 bits per heavy atom. The smallest absolute Gasteiger partial charge is 0.163 e. The second kappa shape index (κ2) is 9.56. The summed E-state index contributed by atoms with van der Waals surface area (Å²) in [4.78, 5) is 13.5. The maximum Gasteiger partial charge on any atom is 0.163 e. The SMILES string of the molecule is COc1cc([C@@H]2Nc3ccccc3NC3=C2C(=O)CC(C)(C)C3)ccc1OCc1cccc2ccccc12. The van der Waals surface area contributed by atoms with E-state index < -0.39 is 0 Å². The molecule has 1 atom stereocenters. The van der Waals surface area contributed by atoms with E-state index in [1.807, 2.05) is 54.6 Å². The van der Waals surface area contributed by atoms with Gasteiger partial charge >= 0.3 is 0 Å². The number of carbonyl (C=O) groups is 1. The molecule has 0 bridgehead atoms. The second-order valence-electron chi connectivity index (χ2n) is 10.9. The molecule has 0 radical (unpaired) electrons. The summed E-state index contributed by atoms with van der Waals surface area (Å²) in [6.45, 7) is 4.74. The lowest BCUT2D eigenvalue weighted by Gasteiger charge is -2.34. The molecule has 1 aliphatic heterocycles. The fraction of sp³-hybridized carbons (Fsp3) is 0.242. The summed E-state index contributed by atoms with van der Waals surface area (Å²) in [5.41, 5.74) is 5.72. The summed E-state index contributed by atoms with van der Waals surface area (Å²) in [7, 11) is 1.65. The first kappa shape index (κ1) is 24.1. The van der Waals surface area contributed by atoms with Crippen LogP contribution in [-0.4, -0.2) is 12.9 Å². The number of ether oxygens (including phenoxy) is 2. The first-order chi connectivity index (χ1) is 18.4. The van der Waals surface area contributed by atoms with Crippen LogP contribution in [0, 0.1) is 5.41 Å². The molecule has 6 rings (SSSR count). The summed E-state index contributed by atoms with van der Waals surface area (Å²) >= 11 is 0. The van der Waals surface area contributed by atoms with Crippen molar-refractivity contribution in [3.63, 3.8) is 0 Å². The fourth-order valence-corrected chi connectivity index (χ4v) is 5.70. The summed E-state index contributed by atoms with van der Waals surface area (Å²) in [5, 5.41) is 9.59. The zero-order valence-electron chi connectivity index (χ0n) is 22.0. The van der Waals surface area contributed by atoms with Gasteiger partial charge in [-0.25, -0.2) is 0 Å². The Balaban J connectivity index is 1.35. The highest BCUT2D eigenvalue weighted by Gasteiger charge is 2.38. The van der Waals surface area contributed by atoms with E-state index in [1.54, 1.807) is 7.11 Å². The fourth-order valence-electron chi connectivity index (χ4n) is 5.70. The lowest BCUT2D eigenvalue weighted by atomic mass is 9.73. The van der Waals surface area contributed by atoms with Gasteiger partial charge in [0.2, 0.25) is 0 Å². The van der Waals surface area contributed by atoms with E-state index in [-0.39, 0.29) is 17.2 Å². The number of hydrogen-bond donors (Lipinski definition) is 2. The van der Waals surface area contributed by atoms with Gasteiger partial charge in [-0.3, -0.25) is 4.79 Å². The zero-order chi connectivity index (χ0) is 26.3. The molecule has 2 aliphatic rings. The van der Waals surface area contributed by atoms with Gasteiger partial charge in [0, 0.05) is 17.7 Å². The normalized spacial score (nSPS) is 18.1. The highest BCUT2D eigenvalue weighted by atomic mass is 16.5. The van der Waals surface area contributed by atoms with Crippen LogP contribution in [0.15, 0.2) is 96.2 Å². The number of para-hydroxylation sites is 2. The Morgan fingerprint density at radius 2 is 1.63 bits per heavy atom. The second-order valence-corrected chi connectivity index (χ2v) is 10.9. The summed E-state index contributed by atoms with van der Waals surface area (Å²) in [5.74, 6) is 1.48. The van der Waals surface area contributed by atoms with E-state index in [4.69, 9.17) is 9.47 Å². The van der Waals surface area contributed by atoms with Gasteiger partial charge in [-0.2, -0.15) is 0 Å². The van der Waals surface area contributed by atoms with Crippen molar-refractivity contribution in [1.29, 1.82) is 0 Å². The first-order valence-electron chi connectivity index (χ1n) is 13.1. The van der Waals surface area contributed by atoms with Crippen LogP contribution in [0.1, 0.15) is 43.9 Å². The molecular weight excluding hydrogens is 472 g/mol. The number of methoxy groups -OCH3 is 1. The Bertz CT molecular complexity index is 1560. The third-order valence-corrected chi connectivity index (χ3v) is 7.51. The molecule has 4 aromatic rings. The van der Waals surface area contributed by atoms with E-state index in [1.165, 1.54) is 10.8 Å². The van der Waals surface area contributed by atoms with Crippen LogP contribution in [0.4, 0.5) is 11.4 Å². The third-order valence-electron chi connectivity index (χ3n) is 7.51. The summed E-state index contributed by atoms with van der Waals surface area (Å²) in [6.07, 6.45) is 1.33. The van der Waals surface area contributed by atoms with Crippen molar-refractivity contribution in [3.05, 3.63) is 107 Å². The predicted octanol–water partition coefficient (Wildman–Crippen LogP) is 7.65. The lowest BCUT2D eigenvalue weighted by molar-refractivity contribution is -0.118. The van der Waals surface area contributed by atoms with Gasteiger partial charge in [0.15, 0.2) is 17.3 Å². The molecule has 1 aliphatic carbocycles. The highest BCUT2D eigenvalue weighted by molar-refractivity contribution is 6.01. The average Bonchev–Trinajstić information content (AvgIpc) is 3.07. The monoisotopic (exact) mass is 504 g/mol. The van der Waals surface area contributed by atoms with Crippen molar-refractivity contribution in [1.82, 2.24) is 0 Å². The van der Waals surface area contributed by atoms with Gasteiger partial charge in [0.25, 0.3) is 0 Å². The lowest BCUT2D eigenvalue weighted by Crippen LogP contribution is -2.31. The largest absolute Gasteiger partial charge is 0.493 e. The minimum absolute atomic E-state index is 0.0935. The van der Waals surface area contributed by atoms with Crippen molar-refractivity contribution < 1.29 is 14.3 Å². The van der Waals surface area contributed by atoms with Gasteiger partial charge in [0.05, 0.1) is 24.5 Å². The number of allylic oxidation sites excluding steroid dienone is 1. The van der Waals surface area contributed by atoms with Crippen LogP contribution in [0.2, 0.25) is 0 Å². The van der Waals surface area contributed by atoms with E-state index in [0.717, 1.165) is 40.2 Å². The molecule has 2 N–H and O–H groups in total. The van der Waals surface area contributed by atoms with Crippen molar-refractivity contribution in [2.75, 3.05) is 17.7 Å². The molecule has 5 heteroatoms. The molecule has 192 valence electrons. The van der Waals surface area contributed by atoms with Gasteiger partial charge in [-0.05, 0) is 58.0 Å². The van der Waals surface area contributed by atoms with Crippen LogP contribution in [0.5, 0.6) is 11.5 Å². The van der Waals surface area contributed by atoms with Crippen molar-refractivity contribution in [3.8, 4) is 11.5 Å². The van der Waals surface area contributed by atoms with Crippen LogP contribution in [0.3, 0.4) is 0 Å². The van der Waals surface area contributed by atoms with Gasteiger partial charge in [-0.1, -0.05) is 74.5 Å². The van der Waals surface area contributed by atoms with Crippen LogP contribution in [-0.2, 0) is 11.4 Å². The Kier molecular flexibility index (Phi) is 6.07. The molecule has 1 heterocycles. The zero-order valence-corrected chi connectivity index (χ0v) is 22.0. The molecule has 0 saturated heterocycles. The summed E-state index contributed by atoms with van der Waals surface area (Å²) < 4.78 is 12.0. The maximum atomic E-state index is 13.5. The van der Waals surface area contributed by atoms with Crippen LogP contribution < -0.4 is 20.1 Å². The number of Topliss-reactive ketones (excluding diaryl/α,β-unsaturated/α-hetero) is 1. The molecule has 0 saturated carbocycles. The summed E-state index contributed by atoms with van der Waals surface area (Å²) in [6, 6.07) is 28.3. The number of rotatable bonds is 5. The Labute approximate surface area is 223 Å². The quantitative estimate of drug-likeness (QED) is 0.292. The molecule has 4 aromatic carbocycles. The number of fused-ring (bicyclic) bond motifs is 2. The predicted molar refractivity (Wildman–Crippen MR) is 153 cm³/mol. The number of hydrogen-bond acceptors (Lipinski definition) is 5. The number of anilines is 2. The molecule has 0 aromatic heterocycles. The van der Waals surface area contributed by atoms with E-state index >= 15 is 0 Å². The first-order valence-corrected chi connectivity index (χ1v) is 13.1. The standard InChI is InChI=1S/C33H32N2O3/c1-33(2)18-27-31(28(36)19-33)32(35-26-14-7-6-13-25(26)34-27)22-15-16-29(30(17-22)37-3)38-20-23-11-8-10-21-9-4-5-12-24(21)23/h4-17,32,34-35H,18-20H2,1-3H3/t32-/m0/s1. The third kappa shape index (κ3) is 4.49. The van der Waals surface area contributed by atoms with Crippen LogP contribution in [0.25, 0.3) is 10.8 Å². The topological polar surface area (TPSA) is 59.6 Å². The molecule has 38 heavy (non-hydrogen) atoms. The van der Waals surface area contributed by atoms with Crippen molar-refractivity contribution in [2.45, 2.75) is 39.3 Å². The Morgan fingerprint density at radius 3 is 2.47 bits per heavy atom. The average molecular weight is 505 g/mol. The highest BCUT2D eigenvalue weighted by Crippen LogP contribution is 2.46. The van der Waals surface area contributed by atoms with E-state index in [2.05, 4.69) is 54.8 Å². The van der Waals surface area contributed by atoms with Gasteiger partial charge in [0.1, 0.15) is 6.61 Å². The van der Waals surface area contributed by atoms with Crippen molar-refractivity contribution >= 4 is 27.9 Å². The van der Waals surface area contributed by atoms with Gasteiger partial charge < -0.3 is 20.1 Å². The van der Waals surface area contributed by atoms with E-state index in [9.17, 15) is 4.79 Å². The molecule has 0 amide bonds. The van der Waals surface area contributed by atoms with Gasteiger partial charge in [-0.15, -0.1) is 0 Å². The van der Waals surface area contributed by atoms with Crippen molar-refractivity contribution in [2.24, 2.45) is 5.41 Å².